The predicted molar refractivity (Wildman–Crippen MR) is 482 cm³/mol. The van der Waals surface area contributed by atoms with E-state index in [0.717, 1.165) is 33.4 Å². The molecule has 0 atom stereocenters. The fraction of sp³-hybridized carbons (Fsp3) is 0.0270. The number of fused-ring (bicyclic) bond motifs is 18. The quantitative estimate of drug-likeness (QED) is 0.149. The van der Waals surface area contributed by atoms with Gasteiger partial charge in [-0.3, -0.25) is 0 Å². The Morgan fingerprint density at radius 3 is 0.798 bits per heavy atom. The van der Waals surface area contributed by atoms with Crippen molar-refractivity contribution in [3.8, 4) is 89.0 Å². The molecule has 0 unspecified atom stereocenters. The third-order valence-electron chi connectivity index (χ3n) is 20.7. The van der Waals surface area contributed by atoms with Crippen LogP contribution >= 0.6 is 0 Å². The van der Waals surface area contributed by atoms with Crippen LogP contribution in [0.3, 0.4) is 0 Å². The predicted octanol–water partition coefficient (Wildman–Crippen LogP) is 31.7. The van der Waals surface area contributed by atoms with Gasteiger partial charge < -0.3 is 13.3 Å². The first-order valence-corrected chi connectivity index (χ1v) is 35.7. The Balaban J connectivity index is 0.000000133. The van der Waals surface area contributed by atoms with E-state index in [1.165, 1.54) is 0 Å². The summed E-state index contributed by atoms with van der Waals surface area (Å²) in [5, 5.41) is -3.92. The molecular formula is C111H72O3. The lowest BCUT2D eigenvalue weighted by Crippen LogP contribution is -2.14. The van der Waals surface area contributed by atoms with Crippen molar-refractivity contribution in [2.24, 2.45) is 0 Å². The first kappa shape index (κ1) is 35.2. The van der Waals surface area contributed by atoms with Crippen LogP contribution < -0.4 is 0 Å². The van der Waals surface area contributed by atoms with Crippen molar-refractivity contribution >= 4 is 130 Å². The standard InChI is InChI=1S/C41H28O.C38H24O.C32H20O/c1-41(2)35-17-9-7-11-27(35)28-21-19-26(24-36(28)41)40-32-15-5-3-13-30(32)39(31-14-4-6-16-33(31)40)25-20-22-38-34(23-25)29-12-8-10-18-37(29)42-38;1-2-10-25(11-3-1)26-18-20-27(21-19-26)37-30-13-4-6-15-32(30)38(33-16-7-5-14-31(33)37)28-22-23-36-34(24-28)29-12-8-9-17-35(29)39-36;1-2-10-21(11-3-1)31-24-13-4-6-15-26(24)32(27-16-7-5-14-25(27)31)22-18-19-30-28(20-22)23-12-8-9-17-29(23)33-30/h3-24H,1-2H3;1-24H;1-20H/i3D,4D,5D,6D,8D,10D,12D,13D,14D,15D,16D,18D,20D,22D,23D;4D,5D,6D,7D,8D,9D,12D,13D,14D,15D,16D,17D,22D,23D,24D;4D,5D,6D,7D,8D,9D,12D,13D,14D,15D,16D,17D,18D,19D,20D. The van der Waals surface area contributed by atoms with Gasteiger partial charge in [-0.15, -0.1) is 0 Å². The van der Waals surface area contributed by atoms with Crippen LogP contribution in [0.5, 0.6) is 0 Å². The fourth-order valence-corrected chi connectivity index (χ4v) is 15.7. The molecule has 0 amide bonds. The number of para-hydroxylation sites is 3. The van der Waals surface area contributed by atoms with Crippen LogP contribution in [-0.2, 0) is 5.41 Å². The van der Waals surface area contributed by atoms with E-state index in [0.29, 0.717) is 16.7 Å². The molecule has 24 rings (SSSR count). The van der Waals surface area contributed by atoms with Gasteiger partial charge in [-0.2, -0.15) is 0 Å². The zero-order chi connectivity index (χ0) is 115. The van der Waals surface area contributed by atoms with E-state index in [-0.39, 0.29) is 164 Å². The molecule has 0 spiro atoms. The van der Waals surface area contributed by atoms with Crippen LogP contribution in [0.15, 0.2) is 413 Å². The van der Waals surface area contributed by atoms with E-state index < -0.39 is 294 Å². The minimum Gasteiger partial charge on any atom is -0.456 e. The Morgan fingerprint density at radius 2 is 0.439 bits per heavy atom. The van der Waals surface area contributed by atoms with Gasteiger partial charge in [0.15, 0.2) is 0 Å². The summed E-state index contributed by atoms with van der Waals surface area (Å²) in [4.78, 5) is 0. The summed E-state index contributed by atoms with van der Waals surface area (Å²) in [6.07, 6.45) is 0. The average molecular weight is 1500 g/mol. The molecule has 3 nitrogen and oxygen atoms in total. The van der Waals surface area contributed by atoms with Crippen molar-refractivity contribution in [2.75, 3.05) is 0 Å². The first-order valence-electron chi connectivity index (χ1n) is 58.2. The van der Waals surface area contributed by atoms with Crippen LogP contribution in [0, 0.1) is 0 Å². The van der Waals surface area contributed by atoms with Gasteiger partial charge in [0.1, 0.15) is 33.5 Å². The van der Waals surface area contributed by atoms with Gasteiger partial charge in [0, 0.05) is 37.7 Å². The molecule has 0 bridgehead atoms. The van der Waals surface area contributed by atoms with Gasteiger partial charge in [0.25, 0.3) is 0 Å². The molecule has 0 saturated heterocycles. The molecule has 3 heteroatoms. The highest BCUT2D eigenvalue weighted by molar-refractivity contribution is 6.26. The molecule has 23 aromatic rings. The van der Waals surface area contributed by atoms with Gasteiger partial charge in [-0.1, -0.05) is 353 Å². The zero-order valence-corrected chi connectivity index (χ0v) is 59.3. The number of rotatable bonds is 7. The van der Waals surface area contributed by atoms with Gasteiger partial charge in [0.2, 0.25) is 0 Å². The van der Waals surface area contributed by atoms with E-state index in [1.807, 2.05) is 66.7 Å². The lowest BCUT2D eigenvalue weighted by Gasteiger charge is -2.23. The second kappa shape index (κ2) is 26.8. The minimum atomic E-state index is -0.691. The van der Waals surface area contributed by atoms with E-state index in [4.69, 9.17) is 57.1 Å². The van der Waals surface area contributed by atoms with Crippen LogP contribution in [0.25, 0.3) is 219 Å². The monoisotopic (exact) mass is 1500 g/mol. The highest BCUT2D eigenvalue weighted by Crippen LogP contribution is 2.53. The molecule has 3 heterocycles. The molecule has 114 heavy (non-hydrogen) atoms. The van der Waals surface area contributed by atoms with Gasteiger partial charge in [0.05, 0.1) is 61.7 Å². The second-order valence-electron chi connectivity index (χ2n) is 27.3. The molecule has 0 N–H and O–H groups in total. The molecule has 3 aromatic heterocycles. The highest BCUT2D eigenvalue weighted by atomic mass is 16.3. The molecule has 534 valence electrons. The Labute approximate surface area is 722 Å². The van der Waals surface area contributed by atoms with E-state index in [2.05, 4.69) is 13.8 Å². The van der Waals surface area contributed by atoms with Crippen LogP contribution in [-0.4, -0.2) is 0 Å². The normalized spacial score (nSPS) is 17.9. The number of hydrogen-bond acceptors (Lipinski definition) is 3. The zero-order valence-electron chi connectivity index (χ0n) is 104. The van der Waals surface area contributed by atoms with E-state index in [1.54, 1.807) is 60.7 Å². The average Bonchev–Trinajstić information content (AvgIpc) is 1.64. The van der Waals surface area contributed by atoms with Crippen LogP contribution in [0.4, 0.5) is 0 Å². The summed E-state index contributed by atoms with van der Waals surface area (Å²) in [6.45, 7) is 4.11. The maximum atomic E-state index is 9.60. The number of benzene rings is 20. The lowest BCUT2D eigenvalue weighted by atomic mass is 9.80. The molecule has 0 saturated carbocycles. The van der Waals surface area contributed by atoms with Gasteiger partial charge in [-0.25, -0.2) is 0 Å². The van der Waals surface area contributed by atoms with Crippen molar-refractivity contribution in [3.63, 3.8) is 0 Å². The molecular weight excluding hydrogens is 1380 g/mol. The second-order valence-corrected chi connectivity index (χ2v) is 27.3. The highest BCUT2D eigenvalue weighted by Gasteiger charge is 2.36. The fourth-order valence-electron chi connectivity index (χ4n) is 15.7. The van der Waals surface area contributed by atoms with Crippen LogP contribution in [0.2, 0.25) is 0 Å². The Morgan fingerprint density at radius 1 is 0.193 bits per heavy atom. The maximum absolute atomic E-state index is 9.60. The topological polar surface area (TPSA) is 39.4 Å². The first-order chi connectivity index (χ1) is 75.1. The van der Waals surface area contributed by atoms with E-state index in [9.17, 15) is 17.8 Å². The molecule has 0 radical (unpaired) electrons. The third kappa shape index (κ3) is 10.8. The van der Waals surface area contributed by atoms with Crippen molar-refractivity contribution in [2.45, 2.75) is 19.3 Å². The molecule has 20 aromatic carbocycles. The van der Waals surface area contributed by atoms with Gasteiger partial charge in [-0.05, 0) is 225 Å². The molecule has 1 aliphatic rings. The van der Waals surface area contributed by atoms with Crippen molar-refractivity contribution in [1.82, 2.24) is 0 Å². The number of hydrogen-bond donors (Lipinski definition) is 0. The van der Waals surface area contributed by atoms with E-state index >= 15 is 0 Å². The number of furan rings is 3. The summed E-state index contributed by atoms with van der Waals surface area (Å²) in [5.41, 5.74) is 1.94. The van der Waals surface area contributed by atoms with Crippen LogP contribution in [0.1, 0.15) is 86.7 Å². The summed E-state index contributed by atoms with van der Waals surface area (Å²) < 4.78 is 415. The third-order valence-corrected chi connectivity index (χ3v) is 20.7. The van der Waals surface area contributed by atoms with Crippen molar-refractivity contribution in [1.29, 1.82) is 0 Å². The molecule has 1 aliphatic carbocycles. The Hall–Kier alpha value is -14.6. The SMILES string of the molecule is [2H]c1c([2H])c([2H])c2c(oc3c([2H])c([2H])c(-c4c5c([2H])c([2H])c([2H])c([2H])c5c(-c5ccc(-c6ccccc6)cc5)c5c([2H])c([2H])c([2H])c([2H])c45)c([2H])c32)c1[2H].[2H]c1c([2H])c([2H])c2c(oc3c([2H])c([2H])c(-c4c5c([2H])c([2H])c([2H])c([2H])c5c(-c5ccc6c(c5)C(C)(C)c5ccccc5-6)c5c([2H])c([2H])c([2H])c([2H])c45)c([2H])c32)c1[2H].[2H]c1c([2H])c([2H])c2c(oc3c([2H])c([2H])c(-c4c5c([2H])c([2H])c([2H])c([2H])c5c(-c5ccccc5)c5c([2H])c([2H])c([2H])c([2H])c45)c([2H])c32)c1[2H]. The van der Waals surface area contributed by atoms with Crippen molar-refractivity contribution < 1.29 is 74.9 Å². The van der Waals surface area contributed by atoms with Crippen molar-refractivity contribution in [3.05, 3.63) is 410 Å². The van der Waals surface area contributed by atoms with Gasteiger partial charge >= 0.3 is 0 Å². The summed E-state index contributed by atoms with van der Waals surface area (Å²) in [7, 11) is 0. The summed E-state index contributed by atoms with van der Waals surface area (Å²) >= 11 is 0. The molecule has 0 aliphatic heterocycles. The maximum Gasteiger partial charge on any atom is 0.135 e. The summed E-state index contributed by atoms with van der Waals surface area (Å²) in [6, 6.07) is 10.3. The lowest BCUT2D eigenvalue weighted by molar-refractivity contribution is 0.660. The molecule has 0 fully saturated rings. The minimum absolute atomic E-state index is 0.0653. The Bertz CT molecular complexity index is 10500. The smallest absolute Gasteiger partial charge is 0.135 e. The largest absolute Gasteiger partial charge is 0.456 e. The summed E-state index contributed by atoms with van der Waals surface area (Å²) in [5.74, 6) is 0. The Kier molecular flexibility index (Phi) is 8.28.